The second-order valence-corrected chi connectivity index (χ2v) is 9.84. The van der Waals surface area contributed by atoms with E-state index in [1.54, 1.807) is 18.2 Å². The third-order valence-corrected chi connectivity index (χ3v) is 7.71. The average molecular weight is 519 g/mol. The highest BCUT2D eigenvalue weighted by atomic mass is 16.3. The van der Waals surface area contributed by atoms with Gasteiger partial charge in [0, 0.05) is 32.7 Å². The smallest absolute Gasteiger partial charge is 0.143 e. The molecule has 40 heavy (non-hydrogen) atoms. The molecular weight excluding hydrogens is 488 g/mol. The van der Waals surface area contributed by atoms with Crippen molar-refractivity contribution in [1.29, 1.82) is 0 Å². The Morgan fingerprint density at radius 1 is 0.425 bits per heavy atom. The van der Waals surface area contributed by atoms with E-state index >= 15 is 0 Å². The molecule has 0 unspecified atom stereocenters. The molecule has 2 aromatic heterocycles. The number of benzene rings is 7. The summed E-state index contributed by atoms with van der Waals surface area (Å²) in [6, 6.07) is 22.9. The minimum Gasteiger partial charge on any atom is -0.456 e. The predicted octanol–water partition coefficient (Wildman–Crippen LogP) is 11.1. The Hall–Kier alpha value is -5.34. The summed E-state index contributed by atoms with van der Waals surface area (Å²) < 4.78 is 84.4. The van der Waals surface area contributed by atoms with Gasteiger partial charge in [0.05, 0.1) is 11.0 Å². The summed E-state index contributed by atoms with van der Waals surface area (Å²) in [4.78, 5) is 0. The van der Waals surface area contributed by atoms with Gasteiger partial charge in [-0.05, 0) is 56.9 Å². The molecule has 0 fully saturated rings. The van der Waals surface area contributed by atoms with Gasteiger partial charge in [0.1, 0.15) is 22.3 Å². The first-order chi connectivity index (χ1) is 23.2. The summed E-state index contributed by atoms with van der Waals surface area (Å²) in [6.07, 6.45) is 0. The van der Waals surface area contributed by atoms with Gasteiger partial charge in [-0.25, -0.2) is 0 Å². The molecule has 0 aliphatic heterocycles. The highest BCUT2D eigenvalue weighted by molar-refractivity contribution is 6.24. The van der Waals surface area contributed by atoms with Crippen LogP contribution in [0, 0.1) is 0 Å². The number of furan rings is 2. The van der Waals surface area contributed by atoms with E-state index in [1.165, 1.54) is 0 Å². The molecule has 9 aromatic rings. The summed E-state index contributed by atoms with van der Waals surface area (Å²) in [6.45, 7) is 0. The van der Waals surface area contributed by atoms with Crippen LogP contribution in [0.3, 0.4) is 0 Å². The SMILES string of the molecule is [2H]c1c([2H])c([2H])c2c(-c3cccc4c3oc3ccccc34)c3c([2H])c([2H])c([2H])c([2H])c3c(-c3ccc4oc5ccccc5c4c3)c2c1[2H]. The molecule has 0 N–H and O–H groups in total. The molecule has 2 heterocycles. The number of rotatable bonds is 2. The summed E-state index contributed by atoms with van der Waals surface area (Å²) in [5, 5.41) is 3.80. The minimum atomic E-state index is -0.451. The Balaban J connectivity index is 1.57. The summed E-state index contributed by atoms with van der Waals surface area (Å²) in [7, 11) is 0. The Bertz CT molecular complexity index is 2800. The summed E-state index contributed by atoms with van der Waals surface area (Å²) in [5.41, 5.74) is 3.87. The van der Waals surface area contributed by atoms with Crippen LogP contribution in [0.15, 0.2) is 142 Å². The van der Waals surface area contributed by atoms with Crippen LogP contribution in [0.2, 0.25) is 0 Å². The molecule has 0 spiro atoms. The number of hydrogen-bond donors (Lipinski definition) is 0. The van der Waals surface area contributed by atoms with Crippen molar-refractivity contribution in [3.8, 4) is 22.3 Å². The lowest BCUT2D eigenvalue weighted by Gasteiger charge is -2.18. The molecule has 0 saturated carbocycles. The molecule has 0 atom stereocenters. The largest absolute Gasteiger partial charge is 0.456 e. The Kier molecular flexibility index (Phi) is 3.09. The lowest BCUT2D eigenvalue weighted by Crippen LogP contribution is -1.91. The second kappa shape index (κ2) is 8.08. The summed E-state index contributed by atoms with van der Waals surface area (Å²) >= 11 is 0. The Morgan fingerprint density at radius 3 is 1.68 bits per heavy atom. The van der Waals surface area contributed by atoms with Crippen molar-refractivity contribution in [3.05, 3.63) is 133 Å². The first kappa shape index (κ1) is 15.3. The average Bonchev–Trinajstić information content (AvgIpc) is 3.68. The number of para-hydroxylation sites is 3. The van der Waals surface area contributed by atoms with Crippen molar-refractivity contribution in [3.63, 3.8) is 0 Å². The van der Waals surface area contributed by atoms with E-state index in [0.717, 1.165) is 21.5 Å². The van der Waals surface area contributed by atoms with Crippen LogP contribution in [0.5, 0.6) is 0 Å². The van der Waals surface area contributed by atoms with E-state index in [4.69, 9.17) is 14.3 Å². The van der Waals surface area contributed by atoms with Gasteiger partial charge in [-0.1, -0.05) is 109 Å². The zero-order valence-corrected chi connectivity index (χ0v) is 20.9. The molecule has 0 radical (unpaired) electrons. The maximum atomic E-state index is 9.27. The third kappa shape index (κ3) is 2.93. The monoisotopic (exact) mass is 518 g/mol. The molecular formula is C38H22O2. The maximum Gasteiger partial charge on any atom is 0.143 e. The number of hydrogen-bond acceptors (Lipinski definition) is 2. The summed E-state index contributed by atoms with van der Waals surface area (Å²) in [5.74, 6) is 0. The van der Waals surface area contributed by atoms with Gasteiger partial charge in [0.25, 0.3) is 0 Å². The normalized spacial score (nSPS) is 14.8. The molecule has 2 nitrogen and oxygen atoms in total. The fourth-order valence-corrected chi connectivity index (χ4v) is 6.01. The zero-order chi connectivity index (χ0) is 33.2. The van der Waals surface area contributed by atoms with Crippen LogP contribution < -0.4 is 0 Å². The topological polar surface area (TPSA) is 26.3 Å². The van der Waals surface area contributed by atoms with Crippen molar-refractivity contribution < 1.29 is 19.8 Å². The molecule has 0 saturated heterocycles. The standard InChI is InChI=1S/C38H22O2/c1-3-14-28-26(12-1)36(23-20-21-35-32(22-23)25-11-6-7-18-33(25)39-35)27-13-2-4-15-29(27)37(28)31-17-9-16-30-24-10-5-8-19-34(24)40-38(30)31/h1-22H/i1D,2D,3D,4D,12D,13D,14D,15D. The molecule has 0 amide bonds. The first-order valence-electron chi connectivity index (χ1n) is 17.0. The lowest BCUT2D eigenvalue weighted by molar-refractivity contribution is 0.669. The van der Waals surface area contributed by atoms with Gasteiger partial charge < -0.3 is 8.83 Å². The van der Waals surface area contributed by atoms with Crippen molar-refractivity contribution in [2.75, 3.05) is 0 Å². The fourth-order valence-electron chi connectivity index (χ4n) is 6.01. The van der Waals surface area contributed by atoms with E-state index in [9.17, 15) is 5.48 Å². The van der Waals surface area contributed by atoms with Crippen molar-refractivity contribution >= 4 is 65.4 Å². The molecule has 0 aliphatic carbocycles. The van der Waals surface area contributed by atoms with Gasteiger partial charge in [-0.15, -0.1) is 0 Å². The van der Waals surface area contributed by atoms with Crippen LogP contribution >= 0.6 is 0 Å². The highest BCUT2D eigenvalue weighted by Gasteiger charge is 2.20. The Morgan fingerprint density at radius 2 is 0.975 bits per heavy atom. The molecule has 7 aromatic carbocycles. The van der Waals surface area contributed by atoms with E-state index in [-0.39, 0.29) is 56.8 Å². The molecule has 0 aliphatic rings. The quantitative estimate of drug-likeness (QED) is 0.213. The van der Waals surface area contributed by atoms with E-state index < -0.39 is 24.2 Å². The van der Waals surface area contributed by atoms with E-state index in [1.807, 2.05) is 66.7 Å². The first-order valence-corrected chi connectivity index (χ1v) is 13.0. The molecule has 9 rings (SSSR count). The van der Waals surface area contributed by atoms with Crippen LogP contribution in [-0.4, -0.2) is 0 Å². The van der Waals surface area contributed by atoms with Gasteiger partial charge in [0.2, 0.25) is 0 Å². The number of fused-ring (bicyclic) bond motifs is 8. The van der Waals surface area contributed by atoms with Gasteiger partial charge in [0.15, 0.2) is 0 Å². The van der Waals surface area contributed by atoms with Gasteiger partial charge >= 0.3 is 0 Å². The van der Waals surface area contributed by atoms with Crippen molar-refractivity contribution in [1.82, 2.24) is 0 Å². The van der Waals surface area contributed by atoms with Crippen LogP contribution in [-0.2, 0) is 0 Å². The molecule has 186 valence electrons. The predicted molar refractivity (Wildman–Crippen MR) is 167 cm³/mol. The van der Waals surface area contributed by atoms with Crippen LogP contribution in [0.25, 0.3) is 87.7 Å². The molecule has 0 bridgehead atoms. The second-order valence-electron chi connectivity index (χ2n) is 9.84. The minimum absolute atomic E-state index is 0.138. The van der Waals surface area contributed by atoms with Crippen LogP contribution in [0.1, 0.15) is 11.0 Å². The van der Waals surface area contributed by atoms with Gasteiger partial charge in [-0.3, -0.25) is 0 Å². The molecule has 2 heteroatoms. The van der Waals surface area contributed by atoms with Crippen LogP contribution in [0.4, 0.5) is 0 Å². The van der Waals surface area contributed by atoms with Crippen molar-refractivity contribution in [2.45, 2.75) is 0 Å². The van der Waals surface area contributed by atoms with Gasteiger partial charge in [-0.2, -0.15) is 0 Å². The van der Waals surface area contributed by atoms with Crippen molar-refractivity contribution in [2.24, 2.45) is 0 Å². The third-order valence-electron chi connectivity index (χ3n) is 7.71. The Labute approximate surface area is 240 Å². The lowest BCUT2D eigenvalue weighted by atomic mass is 9.85. The van der Waals surface area contributed by atoms with E-state index in [0.29, 0.717) is 33.5 Å². The fraction of sp³-hybridized carbons (Fsp3) is 0. The maximum absolute atomic E-state index is 9.27. The zero-order valence-electron chi connectivity index (χ0n) is 28.9. The highest BCUT2D eigenvalue weighted by Crippen LogP contribution is 2.47. The van der Waals surface area contributed by atoms with E-state index in [2.05, 4.69) is 0 Å².